The van der Waals surface area contributed by atoms with Crippen LogP contribution in [-0.4, -0.2) is 5.78 Å². The molecule has 0 fully saturated rings. The first kappa shape index (κ1) is 12.6. The Hall–Kier alpha value is -1.44. The summed E-state index contributed by atoms with van der Waals surface area (Å²) in [6.07, 6.45) is 1.17. The van der Waals surface area contributed by atoms with Crippen LogP contribution in [0.2, 0.25) is 0 Å². The Bertz CT molecular complexity index is 334. The van der Waals surface area contributed by atoms with E-state index in [1.54, 1.807) is 19.1 Å². The second-order valence-corrected chi connectivity index (χ2v) is 2.53. The van der Waals surface area contributed by atoms with Crippen LogP contribution in [0.15, 0.2) is 30.9 Å². The number of allylic oxidation sites excluding steroid dienone is 1. The normalized spacial score (nSPS) is 8.57. The lowest BCUT2D eigenvalue weighted by Crippen LogP contribution is -1.95. The van der Waals surface area contributed by atoms with Crippen LogP contribution in [0, 0.1) is 12.7 Å². The monoisotopic (exact) mass is 196 g/mol. The zero-order chi connectivity index (χ0) is 11.1. The van der Waals surface area contributed by atoms with Gasteiger partial charge in [0.1, 0.15) is 5.82 Å². The van der Waals surface area contributed by atoms with Gasteiger partial charge >= 0.3 is 0 Å². The molecule has 0 aromatic heterocycles. The molecule has 0 radical (unpaired) electrons. The van der Waals surface area contributed by atoms with E-state index in [4.69, 9.17) is 0 Å². The standard InChI is InChI=1S/C10H9FO.C2H6.H2/c1-3-10(12)8-5-4-7(2)9(11)6-8;1-2;/h3-6H,1H2,2H3;1-2H3;1H. The maximum atomic E-state index is 12.9. The highest BCUT2D eigenvalue weighted by Crippen LogP contribution is 2.09. The van der Waals surface area contributed by atoms with Gasteiger partial charge < -0.3 is 0 Å². The summed E-state index contributed by atoms with van der Waals surface area (Å²) in [4.78, 5) is 11.0. The first-order chi connectivity index (χ1) is 6.65. The number of hydrogen-bond donors (Lipinski definition) is 0. The number of benzene rings is 1. The predicted octanol–water partition coefficient (Wildman–Crippen LogP) is 3.78. The molecule has 1 aromatic carbocycles. The van der Waals surface area contributed by atoms with Gasteiger partial charge in [-0.1, -0.05) is 32.6 Å². The Kier molecular flexibility index (Phi) is 5.46. The van der Waals surface area contributed by atoms with Crippen molar-refractivity contribution in [2.75, 3.05) is 0 Å². The predicted molar refractivity (Wildman–Crippen MR) is 59.1 cm³/mol. The first-order valence-electron chi connectivity index (χ1n) is 4.58. The van der Waals surface area contributed by atoms with Crippen molar-refractivity contribution in [1.29, 1.82) is 0 Å². The van der Waals surface area contributed by atoms with Crippen LogP contribution in [0.5, 0.6) is 0 Å². The molecule has 0 amide bonds. The third kappa shape index (κ3) is 3.13. The van der Waals surface area contributed by atoms with Crippen molar-refractivity contribution in [1.82, 2.24) is 0 Å². The summed E-state index contributed by atoms with van der Waals surface area (Å²) in [5, 5.41) is 0. The van der Waals surface area contributed by atoms with Crippen LogP contribution in [0.25, 0.3) is 0 Å². The summed E-state index contributed by atoms with van der Waals surface area (Å²) in [5.74, 6) is -0.614. The van der Waals surface area contributed by atoms with Gasteiger partial charge in [0.15, 0.2) is 5.78 Å². The maximum Gasteiger partial charge on any atom is 0.185 e. The molecule has 1 nitrogen and oxygen atoms in total. The van der Waals surface area contributed by atoms with Gasteiger partial charge in [-0.15, -0.1) is 0 Å². The van der Waals surface area contributed by atoms with E-state index in [-0.39, 0.29) is 13.0 Å². The van der Waals surface area contributed by atoms with Gasteiger partial charge in [-0.3, -0.25) is 4.79 Å². The molecule has 0 N–H and O–H groups in total. The van der Waals surface area contributed by atoms with Gasteiger partial charge in [0, 0.05) is 6.99 Å². The van der Waals surface area contributed by atoms with Crippen LogP contribution >= 0.6 is 0 Å². The minimum atomic E-state index is -0.359. The summed E-state index contributed by atoms with van der Waals surface area (Å²) in [6.45, 7) is 8.97. The molecule has 0 atom stereocenters. The highest BCUT2D eigenvalue weighted by molar-refractivity contribution is 6.04. The summed E-state index contributed by atoms with van der Waals surface area (Å²) in [7, 11) is 0. The molecule has 0 bridgehead atoms. The van der Waals surface area contributed by atoms with E-state index in [9.17, 15) is 9.18 Å². The van der Waals surface area contributed by atoms with Gasteiger partial charge in [0.2, 0.25) is 0 Å². The van der Waals surface area contributed by atoms with E-state index in [1.165, 1.54) is 12.1 Å². The van der Waals surface area contributed by atoms with Gasteiger partial charge in [0.05, 0.1) is 0 Å². The second-order valence-electron chi connectivity index (χ2n) is 2.53. The number of halogens is 1. The molecule has 0 aliphatic rings. The van der Waals surface area contributed by atoms with Gasteiger partial charge in [-0.05, 0) is 24.6 Å². The molecule has 1 aromatic rings. The summed E-state index contributed by atoms with van der Waals surface area (Å²) in [5.41, 5.74) is 0.878. The molecule has 1 rings (SSSR count). The highest BCUT2D eigenvalue weighted by atomic mass is 19.1. The molecule has 14 heavy (non-hydrogen) atoms. The van der Waals surface area contributed by atoms with E-state index >= 15 is 0 Å². The van der Waals surface area contributed by atoms with E-state index < -0.39 is 0 Å². The quantitative estimate of drug-likeness (QED) is 0.519. The number of carbonyl (C=O) groups is 1. The molecular weight excluding hydrogens is 179 g/mol. The topological polar surface area (TPSA) is 17.1 Å². The zero-order valence-electron chi connectivity index (χ0n) is 8.80. The third-order valence-corrected chi connectivity index (χ3v) is 1.64. The van der Waals surface area contributed by atoms with Crippen LogP contribution in [0.4, 0.5) is 4.39 Å². The maximum absolute atomic E-state index is 12.9. The van der Waals surface area contributed by atoms with Crippen LogP contribution in [-0.2, 0) is 0 Å². The summed E-state index contributed by atoms with van der Waals surface area (Å²) in [6, 6.07) is 4.38. The SMILES string of the molecule is C=CC(=O)c1ccc(C)c(F)c1.CC.[HH]. The highest BCUT2D eigenvalue weighted by Gasteiger charge is 2.03. The lowest BCUT2D eigenvalue weighted by Gasteiger charge is -1.98. The Labute approximate surface area is 85.7 Å². The minimum absolute atomic E-state index is 0. The molecule has 0 spiro atoms. The van der Waals surface area contributed by atoms with Crippen LogP contribution < -0.4 is 0 Å². The molecule has 2 heteroatoms. The van der Waals surface area contributed by atoms with Crippen molar-refractivity contribution >= 4 is 5.78 Å². The van der Waals surface area contributed by atoms with Gasteiger partial charge in [-0.25, -0.2) is 4.39 Å². The molecule has 0 saturated carbocycles. The number of hydrogen-bond acceptors (Lipinski definition) is 1. The van der Waals surface area contributed by atoms with Gasteiger partial charge in [-0.2, -0.15) is 0 Å². The molecule has 0 aliphatic heterocycles. The number of aryl methyl sites for hydroxylation is 1. The molecule has 0 aliphatic carbocycles. The Morgan fingerprint density at radius 2 is 2.07 bits per heavy atom. The van der Waals surface area contributed by atoms with Crippen molar-refractivity contribution in [3.63, 3.8) is 0 Å². The first-order valence-corrected chi connectivity index (χ1v) is 4.58. The molecule has 0 heterocycles. The van der Waals surface area contributed by atoms with Crippen LogP contribution in [0.1, 0.15) is 31.2 Å². The van der Waals surface area contributed by atoms with Crippen molar-refractivity contribution in [3.05, 3.63) is 47.8 Å². The average Bonchev–Trinajstić information content (AvgIpc) is 2.24. The molecular formula is C12H17FO. The minimum Gasteiger partial charge on any atom is -0.289 e. The number of carbonyl (C=O) groups excluding carboxylic acids is 1. The average molecular weight is 196 g/mol. The fourth-order valence-electron chi connectivity index (χ4n) is 0.864. The second kappa shape index (κ2) is 6.08. The Morgan fingerprint density at radius 1 is 1.50 bits per heavy atom. The Morgan fingerprint density at radius 3 is 2.50 bits per heavy atom. The fourth-order valence-corrected chi connectivity index (χ4v) is 0.864. The molecule has 78 valence electrons. The summed E-state index contributed by atoms with van der Waals surface area (Å²) < 4.78 is 12.9. The van der Waals surface area contributed by atoms with Gasteiger partial charge in [0.25, 0.3) is 0 Å². The van der Waals surface area contributed by atoms with E-state index in [2.05, 4.69) is 6.58 Å². The molecule has 0 unspecified atom stereocenters. The third-order valence-electron chi connectivity index (χ3n) is 1.64. The Balaban J connectivity index is 0. The van der Waals surface area contributed by atoms with Crippen molar-refractivity contribution in [3.8, 4) is 0 Å². The van der Waals surface area contributed by atoms with Crippen molar-refractivity contribution in [2.45, 2.75) is 20.8 Å². The van der Waals surface area contributed by atoms with Crippen LogP contribution in [0.3, 0.4) is 0 Å². The smallest absolute Gasteiger partial charge is 0.185 e. The fraction of sp³-hybridized carbons (Fsp3) is 0.250. The number of ketones is 1. The number of rotatable bonds is 2. The van der Waals surface area contributed by atoms with Crippen molar-refractivity contribution in [2.24, 2.45) is 0 Å². The van der Waals surface area contributed by atoms with E-state index in [0.29, 0.717) is 11.1 Å². The van der Waals surface area contributed by atoms with E-state index in [1.807, 2.05) is 13.8 Å². The lowest BCUT2D eigenvalue weighted by molar-refractivity contribution is 0.104. The van der Waals surface area contributed by atoms with E-state index in [0.717, 1.165) is 0 Å². The zero-order valence-corrected chi connectivity index (χ0v) is 8.80. The largest absolute Gasteiger partial charge is 0.289 e. The lowest BCUT2D eigenvalue weighted by atomic mass is 10.1. The summed E-state index contributed by atoms with van der Waals surface area (Å²) >= 11 is 0. The molecule has 0 saturated heterocycles. The van der Waals surface area contributed by atoms with Crippen molar-refractivity contribution < 1.29 is 10.6 Å².